The van der Waals surface area contributed by atoms with Gasteiger partial charge in [0.25, 0.3) is 0 Å². The van der Waals surface area contributed by atoms with E-state index in [2.05, 4.69) is 5.16 Å². The van der Waals surface area contributed by atoms with Crippen molar-refractivity contribution in [2.24, 2.45) is 0 Å². The van der Waals surface area contributed by atoms with Gasteiger partial charge in [0.1, 0.15) is 5.69 Å². The summed E-state index contributed by atoms with van der Waals surface area (Å²) in [4.78, 5) is 0. The minimum atomic E-state index is 0.358. The topological polar surface area (TPSA) is 35.3 Å². The van der Waals surface area contributed by atoms with Gasteiger partial charge in [0.05, 0.1) is 12.5 Å². The minimum Gasteiger partial charge on any atom is -0.378 e. The van der Waals surface area contributed by atoms with Crippen LogP contribution in [-0.4, -0.2) is 12.3 Å². The summed E-state index contributed by atoms with van der Waals surface area (Å²) >= 11 is 5.47. The van der Waals surface area contributed by atoms with Crippen molar-refractivity contribution in [3.8, 4) is 0 Å². The van der Waals surface area contributed by atoms with Gasteiger partial charge >= 0.3 is 0 Å². The summed E-state index contributed by atoms with van der Waals surface area (Å²) in [5.41, 5.74) is 0.776. The zero-order valence-corrected chi connectivity index (χ0v) is 6.39. The average Bonchev–Trinajstić information content (AvgIpc) is 2.37. The van der Waals surface area contributed by atoms with E-state index in [-0.39, 0.29) is 0 Å². The lowest BCUT2D eigenvalue weighted by atomic mass is 10.4. The van der Waals surface area contributed by atoms with E-state index < -0.39 is 0 Å². The van der Waals surface area contributed by atoms with Gasteiger partial charge in [0, 0.05) is 13.2 Å². The molecule has 10 heavy (non-hydrogen) atoms. The molecule has 0 fully saturated rings. The Morgan fingerprint density at radius 2 is 2.60 bits per heavy atom. The lowest BCUT2D eigenvalue weighted by molar-refractivity contribution is 0.177. The summed E-state index contributed by atoms with van der Waals surface area (Å²) in [5, 5.41) is 3.69. The number of aromatic nitrogens is 1. The first kappa shape index (κ1) is 7.57. The Hall–Kier alpha value is -0.540. The van der Waals surface area contributed by atoms with Gasteiger partial charge in [-0.1, -0.05) is 5.16 Å². The van der Waals surface area contributed by atoms with Crippen molar-refractivity contribution in [2.45, 2.75) is 12.5 Å². The zero-order valence-electron chi connectivity index (χ0n) is 5.63. The Balaban J connectivity index is 2.59. The van der Waals surface area contributed by atoms with Crippen molar-refractivity contribution in [1.82, 2.24) is 5.16 Å². The van der Waals surface area contributed by atoms with Crippen molar-refractivity contribution in [1.29, 1.82) is 0 Å². The van der Waals surface area contributed by atoms with Gasteiger partial charge in [0.15, 0.2) is 5.76 Å². The maximum Gasteiger partial charge on any atom is 0.151 e. The van der Waals surface area contributed by atoms with Crippen LogP contribution in [0.25, 0.3) is 0 Å². The highest BCUT2D eigenvalue weighted by Gasteiger charge is 2.00. The Bertz CT molecular complexity index is 199. The van der Waals surface area contributed by atoms with Crippen LogP contribution in [0.15, 0.2) is 10.6 Å². The molecular weight excluding hydrogens is 154 g/mol. The van der Waals surface area contributed by atoms with E-state index in [4.69, 9.17) is 20.9 Å². The van der Waals surface area contributed by atoms with Crippen molar-refractivity contribution >= 4 is 11.6 Å². The van der Waals surface area contributed by atoms with E-state index >= 15 is 0 Å². The molecule has 0 aliphatic carbocycles. The van der Waals surface area contributed by atoms with Crippen LogP contribution in [0.2, 0.25) is 0 Å². The van der Waals surface area contributed by atoms with Crippen LogP contribution in [0.3, 0.4) is 0 Å². The normalized spacial score (nSPS) is 10.2. The van der Waals surface area contributed by atoms with Crippen LogP contribution in [0.4, 0.5) is 0 Å². The quantitative estimate of drug-likeness (QED) is 0.632. The number of alkyl halides is 1. The Morgan fingerprint density at radius 1 is 1.80 bits per heavy atom. The summed E-state index contributed by atoms with van der Waals surface area (Å²) in [7, 11) is 1.61. The fraction of sp³-hybridized carbons (Fsp3) is 0.500. The van der Waals surface area contributed by atoms with Gasteiger partial charge in [0.2, 0.25) is 0 Å². The van der Waals surface area contributed by atoms with Crippen LogP contribution in [-0.2, 0) is 17.2 Å². The molecule has 0 aliphatic rings. The van der Waals surface area contributed by atoms with Crippen LogP contribution in [0, 0.1) is 0 Å². The molecule has 1 heterocycles. The van der Waals surface area contributed by atoms with E-state index in [9.17, 15) is 0 Å². The van der Waals surface area contributed by atoms with Crippen LogP contribution in [0.5, 0.6) is 0 Å². The molecule has 56 valence electrons. The number of nitrogens with zero attached hydrogens (tertiary/aromatic N) is 1. The first-order valence-corrected chi connectivity index (χ1v) is 3.39. The summed E-state index contributed by atoms with van der Waals surface area (Å²) < 4.78 is 9.62. The second-order valence-corrected chi connectivity index (χ2v) is 2.12. The molecule has 0 saturated carbocycles. The third-order valence-electron chi connectivity index (χ3n) is 1.03. The van der Waals surface area contributed by atoms with Crippen LogP contribution < -0.4 is 0 Å². The van der Waals surface area contributed by atoms with Gasteiger partial charge in [-0.3, -0.25) is 0 Å². The van der Waals surface area contributed by atoms with Crippen molar-refractivity contribution < 1.29 is 9.26 Å². The highest BCUT2D eigenvalue weighted by molar-refractivity contribution is 6.16. The lowest BCUT2D eigenvalue weighted by Crippen LogP contribution is -1.84. The standard InChI is InChI=1S/C6H8ClNO2/c1-9-4-5-2-6(3-7)10-8-5/h2H,3-4H2,1H3. The number of halogens is 1. The lowest BCUT2D eigenvalue weighted by Gasteiger charge is -1.86. The fourth-order valence-corrected chi connectivity index (χ4v) is 0.761. The molecule has 0 atom stereocenters. The highest BCUT2D eigenvalue weighted by Crippen LogP contribution is 2.06. The van der Waals surface area contributed by atoms with E-state index in [0.717, 1.165) is 5.69 Å². The number of hydrogen-bond acceptors (Lipinski definition) is 3. The molecule has 0 saturated heterocycles. The molecule has 0 spiro atoms. The maximum absolute atomic E-state index is 5.47. The Morgan fingerprint density at radius 3 is 3.10 bits per heavy atom. The molecular formula is C6H8ClNO2. The van der Waals surface area contributed by atoms with E-state index in [1.165, 1.54) is 0 Å². The molecule has 0 radical (unpaired) electrons. The highest BCUT2D eigenvalue weighted by atomic mass is 35.5. The average molecular weight is 162 g/mol. The molecule has 0 N–H and O–H groups in total. The van der Waals surface area contributed by atoms with E-state index in [0.29, 0.717) is 18.2 Å². The van der Waals surface area contributed by atoms with Gasteiger partial charge in [-0.05, 0) is 0 Å². The summed E-state index contributed by atoms with van der Waals surface area (Å²) in [6.45, 7) is 0.473. The predicted molar refractivity (Wildman–Crippen MR) is 36.8 cm³/mol. The van der Waals surface area contributed by atoms with E-state index in [1.54, 1.807) is 13.2 Å². The molecule has 0 aliphatic heterocycles. The van der Waals surface area contributed by atoms with Gasteiger partial charge < -0.3 is 9.26 Å². The number of ether oxygens (including phenoxy) is 1. The number of hydrogen-bond donors (Lipinski definition) is 0. The SMILES string of the molecule is COCc1cc(CCl)on1. The molecule has 0 unspecified atom stereocenters. The summed E-state index contributed by atoms with van der Waals surface area (Å²) in [6, 6.07) is 1.77. The van der Waals surface area contributed by atoms with E-state index in [1.807, 2.05) is 0 Å². The first-order valence-electron chi connectivity index (χ1n) is 2.86. The molecule has 0 amide bonds. The van der Waals surface area contributed by atoms with Crippen molar-refractivity contribution in [3.05, 3.63) is 17.5 Å². The van der Waals surface area contributed by atoms with Crippen LogP contribution in [0.1, 0.15) is 11.5 Å². The molecule has 3 nitrogen and oxygen atoms in total. The minimum absolute atomic E-state index is 0.358. The van der Waals surface area contributed by atoms with Crippen LogP contribution >= 0.6 is 11.6 Å². The van der Waals surface area contributed by atoms with Gasteiger partial charge in [-0.15, -0.1) is 11.6 Å². The molecule has 1 rings (SSSR count). The van der Waals surface area contributed by atoms with Crippen molar-refractivity contribution in [2.75, 3.05) is 7.11 Å². The summed E-state index contributed by atoms with van der Waals surface area (Å²) in [6.07, 6.45) is 0. The Kier molecular flexibility index (Phi) is 2.71. The maximum atomic E-state index is 5.47. The fourth-order valence-electron chi connectivity index (χ4n) is 0.635. The molecule has 0 bridgehead atoms. The molecule has 1 aromatic heterocycles. The third-order valence-corrected chi connectivity index (χ3v) is 1.30. The number of rotatable bonds is 3. The molecule has 0 aromatic carbocycles. The van der Waals surface area contributed by atoms with Gasteiger partial charge in [-0.25, -0.2) is 0 Å². The third kappa shape index (κ3) is 1.72. The van der Waals surface area contributed by atoms with Crippen molar-refractivity contribution in [3.63, 3.8) is 0 Å². The monoisotopic (exact) mass is 161 g/mol. The van der Waals surface area contributed by atoms with Gasteiger partial charge in [-0.2, -0.15) is 0 Å². The smallest absolute Gasteiger partial charge is 0.151 e. The predicted octanol–water partition coefficient (Wildman–Crippen LogP) is 1.56. The second-order valence-electron chi connectivity index (χ2n) is 1.85. The molecule has 1 aromatic rings. The first-order chi connectivity index (χ1) is 4.86. The molecule has 4 heteroatoms. The largest absolute Gasteiger partial charge is 0.378 e. The number of methoxy groups -OCH3 is 1. The summed E-state index contributed by atoms with van der Waals surface area (Å²) in [5.74, 6) is 1.03. The zero-order chi connectivity index (χ0) is 7.40. The Labute approximate surface area is 63.9 Å². The second kappa shape index (κ2) is 3.58.